The van der Waals surface area contributed by atoms with Crippen molar-refractivity contribution in [2.24, 2.45) is 5.92 Å². The zero-order chi connectivity index (χ0) is 14.9. The maximum atomic E-state index is 12.0. The summed E-state index contributed by atoms with van der Waals surface area (Å²) in [6.45, 7) is 7.00. The fourth-order valence-corrected chi connectivity index (χ4v) is 2.86. The maximum absolute atomic E-state index is 12.0. The molecule has 1 aromatic heterocycles. The number of nitrogens with zero attached hydrogens (tertiary/aromatic N) is 2. The highest BCUT2D eigenvalue weighted by molar-refractivity contribution is 7.15. The summed E-state index contributed by atoms with van der Waals surface area (Å²) in [6.07, 6.45) is 2.28. The third kappa shape index (κ3) is 3.27. The maximum Gasteiger partial charge on any atom is 0.323 e. The molecule has 2 N–H and O–H groups in total. The first-order valence-electron chi connectivity index (χ1n) is 6.52. The van der Waals surface area contributed by atoms with E-state index in [1.54, 1.807) is 6.20 Å². The van der Waals surface area contributed by atoms with Crippen LogP contribution in [0.5, 0.6) is 0 Å². The molecule has 0 radical (unpaired) electrons. The van der Waals surface area contributed by atoms with Crippen LogP contribution in [0.15, 0.2) is 6.20 Å². The van der Waals surface area contributed by atoms with Crippen LogP contribution in [0.1, 0.15) is 32.1 Å². The van der Waals surface area contributed by atoms with Gasteiger partial charge in [0.25, 0.3) is 0 Å². The number of carbonyl (C=O) groups is 2. The Bertz CT molecular complexity index is 521. The molecule has 0 aliphatic carbocycles. The van der Waals surface area contributed by atoms with Crippen LogP contribution in [0.25, 0.3) is 0 Å². The molecule has 0 aromatic carbocycles. The van der Waals surface area contributed by atoms with Crippen molar-refractivity contribution < 1.29 is 14.7 Å². The standard InChI is InChI=1S/C13H19N3O3S/c1-13(2,3)9-6-14-11(20-9)15-12(19)16-5-4-8(7-16)10(17)18/h6,8H,4-5,7H2,1-3H3,(H,17,18)(H,14,15,19). The third-order valence-electron chi connectivity index (χ3n) is 3.28. The molecule has 1 fully saturated rings. The summed E-state index contributed by atoms with van der Waals surface area (Å²) in [5, 5.41) is 12.2. The lowest BCUT2D eigenvalue weighted by Crippen LogP contribution is -2.33. The number of likely N-dealkylation sites (tertiary alicyclic amines) is 1. The van der Waals surface area contributed by atoms with Gasteiger partial charge in [-0.1, -0.05) is 20.8 Å². The smallest absolute Gasteiger partial charge is 0.323 e. The van der Waals surface area contributed by atoms with Crippen molar-refractivity contribution in [3.8, 4) is 0 Å². The van der Waals surface area contributed by atoms with E-state index in [4.69, 9.17) is 5.11 Å². The number of aromatic nitrogens is 1. The average molecular weight is 297 g/mol. The van der Waals surface area contributed by atoms with E-state index < -0.39 is 11.9 Å². The molecule has 6 nitrogen and oxygen atoms in total. The van der Waals surface area contributed by atoms with Gasteiger partial charge in [0.1, 0.15) is 0 Å². The zero-order valence-electron chi connectivity index (χ0n) is 11.8. The number of thiazole rings is 1. The molecule has 2 amide bonds. The molecule has 1 saturated heterocycles. The number of anilines is 1. The van der Waals surface area contributed by atoms with Gasteiger partial charge in [-0.05, 0) is 11.8 Å². The first kappa shape index (κ1) is 14.8. The molecule has 0 spiro atoms. The Morgan fingerprint density at radius 3 is 2.70 bits per heavy atom. The van der Waals surface area contributed by atoms with E-state index in [0.717, 1.165) is 4.88 Å². The fraction of sp³-hybridized carbons (Fsp3) is 0.615. The Morgan fingerprint density at radius 1 is 1.50 bits per heavy atom. The number of carbonyl (C=O) groups excluding carboxylic acids is 1. The van der Waals surface area contributed by atoms with Gasteiger partial charge in [0.05, 0.1) is 5.92 Å². The predicted molar refractivity (Wildman–Crippen MR) is 77.1 cm³/mol. The van der Waals surface area contributed by atoms with Crippen molar-refractivity contribution in [1.82, 2.24) is 9.88 Å². The predicted octanol–water partition coefficient (Wildman–Crippen LogP) is 2.38. The molecule has 1 aliphatic heterocycles. The van der Waals surface area contributed by atoms with Crippen molar-refractivity contribution in [3.63, 3.8) is 0 Å². The summed E-state index contributed by atoms with van der Waals surface area (Å²) in [5.41, 5.74) is 0.00267. The topological polar surface area (TPSA) is 82.5 Å². The number of aliphatic carboxylic acids is 1. The summed E-state index contributed by atoms with van der Waals surface area (Å²) in [4.78, 5) is 29.7. The third-order valence-corrected chi connectivity index (χ3v) is 4.62. The Labute approximate surface area is 121 Å². The van der Waals surface area contributed by atoms with Gasteiger partial charge in [0.15, 0.2) is 5.13 Å². The highest BCUT2D eigenvalue weighted by atomic mass is 32.1. The molecule has 7 heteroatoms. The van der Waals surface area contributed by atoms with Gasteiger partial charge >= 0.3 is 12.0 Å². The summed E-state index contributed by atoms with van der Waals surface area (Å²) in [7, 11) is 0. The lowest BCUT2D eigenvalue weighted by molar-refractivity contribution is -0.141. The summed E-state index contributed by atoms with van der Waals surface area (Å²) >= 11 is 1.45. The zero-order valence-corrected chi connectivity index (χ0v) is 12.7. The van der Waals surface area contributed by atoms with Crippen LogP contribution >= 0.6 is 11.3 Å². The fourth-order valence-electron chi connectivity index (χ4n) is 2.00. The Hall–Kier alpha value is -1.63. The molecular formula is C13H19N3O3S. The molecule has 110 valence electrons. The molecule has 0 bridgehead atoms. The van der Waals surface area contributed by atoms with Crippen LogP contribution in [0.2, 0.25) is 0 Å². The van der Waals surface area contributed by atoms with Gasteiger partial charge in [0.2, 0.25) is 0 Å². The van der Waals surface area contributed by atoms with E-state index in [1.165, 1.54) is 16.2 Å². The average Bonchev–Trinajstić information content (AvgIpc) is 2.95. The molecule has 1 atom stereocenters. The van der Waals surface area contributed by atoms with Crippen molar-refractivity contribution in [2.75, 3.05) is 18.4 Å². The second kappa shape index (κ2) is 5.40. The Balaban J connectivity index is 1.95. The molecular weight excluding hydrogens is 278 g/mol. The van der Waals surface area contributed by atoms with Gasteiger partial charge in [-0.3, -0.25) is 10.1 Å². The molecule has 1 unspecified atom stereocenters. The van der Waals surface area contributed by atoms with Crippen LogP contribution in [0.3, 0.4) is 0 Å². The Morgan fingerprint density at radius 2 is 2.20 bits per heavy atom. The van der Waals surface area contributed by atoms with Crippen molar-refractivity contribution in [2.45, 2.75) is 32.6 Å². The van der Waals surface area contributed by atoms with Crippen molar-refractivity contribution in [1.29, 1.82) is 0 Å². The van der Waals surface area contributed by atoms with Gasteiger partial charge in [-0.2, -0.15) is 0 Å². The van der Waals surface area contributed by atoms with E-state index in [-0.39, 0.29) is 18.0 Å². The molecule has 1 aliphatic rings. The second-order valence-corrected chi connectivity index (χ2v) is 7.01. The second-order valence-electron chi connectivity index (χ2n) is 5.98. The molecule has 2 rings (SSSR count). The first-order chi connectivity index (χ1) is 9.27. The van der Waals surface area contributed by atoms with Crippen LogP contribution in [-0.4, -0.2) is 40.1 Å². The van der Waals surface area contributed by atoms with E-state index in [1.807, 2.05) is 0 Å². The molecule has 2 heterocycles. The lowest BCUT2D eigenvalue weighted by Gasteiger charge is -2.16. The number of urea groups is 1. The largest absolute Gasteiger partial charge is 0.481 e. The Kier molecular flexibility index (Phi) is 3.99. The monoisotopic (exact) mass is 297 g/mol. The minimum absolute atomic E-state index is 0.00267. The van der Waals surface area contributed by atoms with E-state index in [9.17, 15) is 9.59 Å². The van der Waals surface area contributed by atoms with Crippen LogP contribution in [0.4, 0.5) is 9.93 Å². The number of carboxylic acids is 1. The normalized spacial score (nSPS) is 19.1. The quantitative estimate of drug-likeness (QED) is 0.878. The van der Waals surface area contributed by atoms with Crippen LogP contribution < -0.4 is 5.32 Å². The molecule has 1 aromatic rings. The van der Waals surface area contributed by atoms with E-state index in [2.05, 4.69) is 31.1 Å². The highest BCUT2D eigenvalue weighted by Gasteiger charge is 2.31. The van der Waals surface area contributed by atoms with E-state index in [0.29, 0.717) is 18.1 Å². The minimum Gasteiger partial charge on any atom is -0.481 e. The minimum atomic E-state index is -0.843. The van der Waals surface area contributed by atoms with Gasteiger partial charge in [-0.15, -0.1) is 11.3 Å². The first-order valence-corrected chi connectivity index (χ1v) is 7.34. The molecule has 0 saturated carbocycles. The summed E-state index contributed by atoms with van der Waals surface area (Å²) in [5.74, 6) is -1.30. The number of nitrogens with one attached hydrogen (secondary N) is 1. The summed E-state index contributed by atoms with van der Waals surface area (Å²) < 4.78 is 0. The van der Waals surface area contributed by atoms with Crippen molar-refractivity contribution >= 4 is 28.5 Å². The number of amides is 2. The van der Waals surface area contributed by atoms with Crippen LogP contribution in [-0.2, 0) is 10.2 Å². The molecule has 20 heavy (non-hydrogen) atoms. The van der Waals surface area contributed by atoms with Gasteiger partial charge in [0, 0.05) is 24.2 Å². The lowest BCUT2D eigenvalue weighted by atomic mass is 9.96. The van der Waals surface area contributed by atoms with Crippen molar-refractivity contribution in [3.05, 3.63) is 11.1 Å². The van der Waals surface area contributed by atoms with E-state index >= 15 is 0 Å². The SMILES string of the molecule is CC(C)(C)c1cnc(NC(=O)N2CCC(C(=O)O)C2)s1. The highest BCUT2D eigenvalue weighted by Crippen LogP contribution is 2.30. The van der Waals surface area contributed by atoms with Crippen LogP contribution in [0, 0.1) is 5.92 Å². The number of rotatable bonds is 2. The number of carboxylic acid groups (broad SMARTS) is 1. The number of hydrogen-bond acceptors (Lipinski definition) is 4. The van der Waals surface area contributed by atoms with Gasteiger partial charge in [-0.25, -0.2) is 9.78 Å². The number of hydrogen-bond donors (Lipinski definition) is 2. The van der Waals surface area contributed by atoms with Gasteiger partial charge < -0.3 is 10.0 Å². The summed E-state index contributed by atoms with van der Waals surface area (Å²) in [6, 6.07) is -0.274.